The number of thiophene rings is 1. The molecule has 4 heteroatoms. The second kappa shape index (κ2) is 4.37. The van der Waals surface area contributed by atoms with Crippen molar-refractivity contribution in [3.8, 4) is 11.1 Å². The van der Waals surface area contributed by atoms with Crippen LogP contribution in [0.2, 0.25) is 0 Å². The van der Waals surface area contributed by atoms with E-state index in [1.165, 1.54) is 0 Å². The fraction of sp³-hybridized carbons (Fsp3) is 0.0714. The van der Waals surface area contributed by atoms with Crippen molar-refractivity contribution in [1.29, 1.82) is 0 Å². The first-order chi connectivity index (χ1) is 8.63. The monoisotopic (exact) mass is 320 g/mol. The summed E-state index contributed by atoms with van der Waals surface area (Å²) < 4.78 is 6.35. The Bertz CT molecular complexity index is 786. The van der Waals surface area contributed by atoms with E-state index in [2.05, 4.69) is 15.9 Å². The van der Waals surface area contributed by atoms with Crippen LogP contribution in [0.4, 0.5) is 0 Å². The largest absolute Gasteiger partial charge is 0.422 e. The summed E-state index contributed by atoms with van der Waals surface area (Å²) in [6.07, 6.45) is 0. The number of rotatable bonds is 1. The normalized spacial score (nSPS) is 11.0. The average Bonchev–Trinajstić information content (AvgIpc) is 2.75. The van der Waals surface area contributed by atoms with Crippen LogP contribution in [-0.2, 0) is 0 Å². The number of fused-ring (bicyclic) bond motifs is 1. The lowest BCUT2D eigenvalue weighted by Gasteiger charge is -2.01. The summed E-state index contributed by atoms with van der Waals surface area (Å²) in [5, 5.41) is 2.89. The molecule has 3 rings (SSSR count). The molecule has 2 heterocycles. The van der Waals surface area contributed by atoms with Gasteiger partial charge in [-0.15, -0.1) is 11.3 Å². The molecule has 0 unspecified atom stereocenters. The molecule has 0 amide bonds. The van der Waals surface area contributed by atoms with Crippen molar-refractivity contribution in [1.82, 2.24) is 0 Å². The van der Waals surface area contributed by atoms with E-state index in [4.69, 9.17) is 4.42 Å². The zero-order chi connectivity index (χ0) is 12.7. The highest BCUT2D eigenvalue weighted by Crippen LogP contribution is 2.28. The molecule has 2 aromatic heterocycles. The minimum Gasteiger partial charge on any atom is -0.422 e. The van der Waals surface area contributed by atoms with Crippen LogP contribution in [0.3, 0.4) is 0 Å². The molecule has 0 fully saturated rings. The summed E-state index contributed by atoms with van der Waals surface area (Å²) in [6.45, 7) is 2.02. The van der Waals surface area contributed by atoms with Gasteiger partial charge >= 0.3 is 5.63 Å². The zero-order valence-electron chi connectivity index (χ0n) is 9.57. The minimum absolute atomic E-state index is 0.295. The van der Waals surface area contributed by atoms with Crippen LogP contribution in [0.1, 0.15) is 5.56 Å². The Morgan fingerprint density at radius 1 is 1.22 bits per heavy atom. The summed E-state index contributed by atoms with van der Waals surface area (Å²) in [7, 11) is 0. The fourth-order valence-electron chi connectivity index (χ4n) is 1.90. The smallest absolute Gasteiger partial charge is 0.344 e. The summed E-state index contributed by atoms with van der Waals surface area (Å²) in [4.78, 5) is 12.0. The van der Waals surface area contributed by atoms with E-state index in [0.29, 0.717) is 11.1 Å². The average molecular weight is 321 g/mol. The number of halogens is 1. The lowest BCUT2D eigenvalue weighted by atomic mass is 10.1. The molecule has 0 bridgehead atoms. The molecule has 0 saturated carbocycles. The van der Waals surface area contributed by atoms with Gasteiger partial charge in [0.15, 0.2) is 0 Å². The molecule has 0 aliphatic rings. The molecule has 0 spiro atoms. The van der Waals surface area contributed by atoms with Crippen molar-refractivity contribution in [3.63, 3.8) is 0 Å². The van der Waals surface area contributed by atoms with Crippen LogP contribution in [0.15, 0.2) is 48.7 Å². The van der Waals surface area contributed by atoms with Gasteiger partial charge in [-0.1, -0.05) is 11.6 Å². The summed E-state index contributed by atoms with van der Waals surface area (Å²) in [5.74, 6) is 0. The van der Waals surface area contributed by atoms with Crippen LogP contribution >= 0.6 is 27.3 Å². The van der Waals surface area contributed by atoms with E-state index in [-0.39, 0.29) is 5.63 Å². The number of hydrogen-bond donors (Lipinski definition) is 0. The molecule has 0 saturated heterocycles. The molecule has 2 nitrogen and oxygen atoms in total. The van der Waals surface area contributed by atoms with Crippen molar-refractivity contribution in [2.75, 3.05) is 0 Å². The van der Waals surface area contributed by atoms with Gasteiger partial charge in [0.2, 0.25) is 0 Å². The highest BCUT2D eigenvalue weighted by Gasteiger charge is 2.09. The summed E-state index contributed by atoms with van der Waals surface area (Å²) in [5.41, 5.74) is 2.98. The second-order valence-electron chi connectivity index (χ2n) is 4.13. The highest BCUT2D eigenvalue weighted by molar-refractivity contribution is 9.11. The first-order valence-corrected chi connectivity index (χ1v) is 7.10. The Kier molecular flexibility index (Phi) is 2.84. The van der Waals surface area contributed by atoms with E-state index in [1.807, 2.05) is 42.6 Å². The van der Waals surface area contributed by atoms with Crippen molar-refractivity contribution >= 4 is 38.2 Å². The third kappa shape index (κ3) is 2.02. The topological polar surface area (TPSA) is 30.2 Å². The van der Waals surface area contributed by atoms with E-state index in [0.717, 1.165) is 20.3 Å². The van der Waals surface area contributed by atoms with E-state index in [9.17, 15) is 4.79 Å². The van der Waals surface area contributed by atoms with Gasteiger partial charge in [-0.3, -0.25) is 0 Å². The molecule has 1 aromatic carbocycles. The second-order valence-corrected chi connectivity index (χ2v) is 6.42. The zero-order valence-corrected chi connectivity index (χ0v) is 12.0. The molecule has 3 aromatic rings. The molecule has 0 radical (unpaired) electrons. The Hall–Kier alpha value is -1.39. The van der Waals surface area contributed by atoms with Crippen LogP contribution in [0.5, 0.6) is 0 Å². The molecular weight excluding hydrogens is 312 g/mol. The van der Waals surface area contributed by atoms with Crippen molar-refractivity contribution < 1.29 is 4.42 Å². The Morgan fingerprint density at radius 3 is 2.78 bits per heavy atom. The van der Waals surface area contributed by atoms with Crippen molar-refractivity contribution in [2.24, 2.45) is 0 Å². The van der Waals surface area contributed by atoms with Gasteiger partial charge in [0.25, 0.3) is 0 Å². The molecule has 0 N–H and O–H groups in total. The van der Waals surface area contributed by atoms with Crippen LogP contribution in [0.25, 0.3) is 22.1 Å². The standard InChI is InChI=1S/C14H9BrO2S/c1-8-2-3-12-9(4-8)5-11(14(16)17-12)10-6-13(15)18-7-10/h2-7H,1H3. The maximum absolute atomic E-state index is 12.0. The van der Waals surface area contributed by atoms with Gasteiger partial charge < -0.3 is 4.42 Å². The highest BCUT2D eigenvalue weighted by atomic mass is 79.9. The third-order valence-corrected chi connectivity index (χ3v) is 4.27. The SMILES string of the molecule is Cc1ccc2oc(=O)c(-c3csc(Br)c3)cc2c1. The maximum Gasteiger partial charge on any atom is 0.344 e. The maximum atomic E-state index is 12.0. The van der Waals surface area contributed by atoms with Gasteiger partial charge in [0.05, 0.1) is 9.35 Å². The quantitative estimate of drug-likeness (QED) is 0.614. The predicted octanol–water partition coefficient (Wildman–Crippen LogP) is 4.59. The lowest BCUT2D eigenvalue weighted by Crippen LogP contribution is -2.01. The van der Waals surface area contributed by atoms with Crippen molar-refractivity contribution in [2.45, 2.75) is 6.92 Å². The number of hydrogen-bond acceptors (Lipinski definition) is 3. The molecule has 0 aliphatic heterocycles. The van der Waals surface area contributed by atoms with Crippen LogP contribution < -0.4 is 5.63 Å². The summed E-state index contributed by atoms with van der Waals surface area (Å²) >= 11 is 4.95. The molecule has 18 heavy (non-hydrogen) atoms. The first-order valence-electron chi connectivity index (χ1n) is 5.42. The predicted molar refractivity (Wildman–Crippen MR) is 78.2 cm³/mol. The number of aryl methyl sites for hydroxylation is 1. The summed E-state index contributed by atoms with van der Waals surface area (Å²) in [6, 6.07) is 9.61. The Labute approximate surface area is 116 Å². The molecule has 90 valence electrons. The van der Waals surface area contributed by atoms with Crippen LogP contribution in [0, 0.1) is 6.92 Å². The number of benzene rings is 1. The Balaban J connectivity index is 2.29. The Morgan fingerprint density at radius 2 is 2.06 bits per heavy atom. The van der Waals surface area contributed by atoms with Gasteiger partial charge in [-0.05, 0) is 47.1 Å². The first kappa shape index (κ1) is 11.7. The van der Waals surface area contributed by atoms with E-state index < -0.39 is 0 Å². The molecule has 0 atom stereocenters. The molecular formula is C14H9BrO2S. The van der Waals surface area contributed by atoms with E-state index >= 15 is 0 Å². The van der Waals surface area contributed by atoms with E-state index in [1.54, 1.807) is 11.3 Å². The third-order valence-electron chi connectivity index (χ3n) is 2.77. The lowest BCUT2D eigenvalue weighted by molar-refractivity contribution is 0.563. The van der Waals surface area contributed by atoms with Gasteiger partial charge in [0.1, 0.15) is 5.58 Å². The van der Waals surface area contributed by atoms with Crippen molar-refractivity contribution in [3.05, 3.63) is 55.5 Å². The van der Waals surface area contributed by atoms with Gasteiger partial charge in [-0.2, -0.15) is 0 Å². The minimum atomic E-state index is -0.295. The molecule has 0 aliphatic carbocycles. The van der Waals surface area contributed by atoms with Gasteiger partial charge in [-0.25, -0.2) is 4.79 Å². The van der Waals surface area contributed by atoms with Gasteiger partial charge in [0, 0.05) is 16.3 Å². The van der Waals surface area contributed by atoms with Crippen LogP contribution in [-0.4, -0.2) is 0 Å². The fourth-order valence-corrected chi connectivity index (χ4v) is 3.05.